The molecule has 0 atom stereocenters. The van der Waals surface area contributed by atoms with Crippen LogP contribution in [0.5, 0.6) is 0 Å². The number of carbonyl (C=O) groups excluding carboxylic acids is 2. The van der Waals surface area contributed by atoms with Crippen LogP contribution in [0.25, 0.3) is 0 Å². The Bertz CT molecular complexity index is 717. The second kappa shape index (κ2) is 7.33. The third-order valence-electron chi connectivity index (χ3n) is 2.54. The molecule has 7 heteroatoms. The van der Waals surface area contributed by atoms with Crippen LogP contribution >= 0.6 is 11.6 Å². The van der Waals surface area contributed by atoms with Gasteiger partial charge in [-0.3, -0.25) is 9.59 Å². The molecule has 0 aliphatic carbocycles. The lowest BCUT2D eigenvalue weighted by Gasteiger charge is -2.03. The van der Waals surface area contributed by atoms with E-state index in [4.69, 9.17) is 11.6 Å². The van der Waals surface area contributed by atoms with Crippen molar-refractivity contribution in [3.63, 3.8) is 0 Å². The van der Waals surface area contributed by atoms with Gasteiger partial charge in [-0.15, -0.1) is 0 Å². The summed E-state index contributed by atoms with van der Waals surface area (Å²) < 4.78 is 12.7. The third kappa shape index (κ3) is 4.68. The zero-order chi connectivity index (χ0) is 15.9. The maximum atomic E-state index is 12.7. The molecule has 0 unspecified atom stereocenters. The van der Waals surface area contributed by atoms with Crippen LogP contribution in [0.2, 0.25) is 5.02 Å². The molecule has 2 N–H and O–H groups in total. The van der Waals surface area contributed by atoms with Gasteiger partial charge in [0.1, 0.15) is 5.82 Å². The first kappa shape index (κ1) is 15.7. The van der Waals surface area contributed by atoms with Crippen LogP contribution in [0.3, 0.4) is 0 Å². The number of hydrogen-bond acceptors (Lipinski definition) is 3. The highest BCUT2D eigenvalue weighted by atomic mass is 35.5. The Hall–Kier alpha value is -2.73. The first-order valence-corrected chi connectivity index (χ1v) is 6.58. The number of hydrazone groups is 1. The van der Waals surface area contributed by atoms with E-state index in [1.165, 1.54) is 30.5 Å². The molecule has 0 radical (unpaired) electrons. The Morgan fingerprint density at radius 1 is 1.09 bits per heavy atom. The van der Waals surface area contributed by atoms with Crippen LogP contribution in [0.15, 0.2) is 53.6 Å². The minimum Gasteiger partial charge on any atom is -0.318 e. The van der Waals surface area contributed by atoms with Crippen molar-refractivity contribution in [2.75, 3.05) is 5.32 Å². The van der Waals surface area contributed by atoms with Gasteiger partial charge >= 0.3 is 11.8 Å². The number of carbonyl (C=O) groups is 2. The fourth-order valence-electron chi connectivity index (χ4n) is 1.52. The lowest BCUT2D eigenvalue weighted by Crippen LogP contribution is -2.32. The Kier molecular flexibility index (Phi) is 5.21. The highest BCUT2D eigenvalue weighted by Crippen LogP contribution is 2.09. The Morgan fingerprint density at radius 3 is 2.50 bits per heavy atom. The van der Waals surface area contributed by atoms with E-state index in [0.717, 1.165) is 0 Å². The van der Waals surface area contributed by atoms with Crippen molar-refractivity contribution in [3.8, 4) is 0 Å². The van der Waals surface area contributed by atoms with Crippen LogP contribution in [0, 0.1) is 5.82 Å². The molecule has 0 saturated heterocycles. The van der Waals surface area contributed by atoms with Crippen LogP contribution in [0.4, 0.5) is 10.1 Å². The van der Waals surface area contributed by atoms with Crippen molar-refractivity contribution >= 4 is 35.3 Å². The second-order valence-corrected chi connectivity index (χ2v) is 4.65. The van der Waals surface area contributed by atoms with E-state index in [1.54, 1.807) is 24.3 Å². The predicted molar refractivity (Wildman–Crippen MR) is 82.2 cm³/mol. The number of nitrogens with one attached hydrogen (secondary N) is 2. The van der Waals surface area contributed by atoms with Crippen molar-refractivity contribution in [2.45, 2.75) is 0 Å². The SMILES string of the molecule is O=C(NN=Cc1cccc(Cl)c1)C(=O)Nc1ccc(F)cc1. The monoisotopic (exact) mass is 319 g/mol. The number of anilines is 1. The van der Waals surface area contributed by atoms with E-state index in [1.807, 2.05) is 0 Å². The molecule has 0 aliphatic rings. The summed E-state index contributed by atoms with van der Waals surface area (Å²) in [5.41, 5.74) is 3.06. The maximum Gasteiger partial charge on any atom is 0.329 e. The van der Waals surface area contributed by atoms with E-state index in [2.05, 4.69) is 15.8 Å². The number of hydrogen-bond donors (Lipinski definition) is 2. The summed E-state index contributed by atoms with van der Waals surface area (Å²) in [4.78, 5) is 23.1. The summed E-state index contributed by atoms with van der Waals surface area (Å²) in [5, 5.41) is 6.50. The molecule has 2 aromatic rings. The van der Waals surface area contributed by atoms with Crippen LogP contribution in [-0.4, -0.2) is 18.0 Å². The van der Waals surface area contributed by atoms with Crippen LogP contribution in [0.1, 0.15) is 5.56 Å². The first-order chi connectivity index (χ1) is 10.5. The van der Waals surface area contributed by atoms with Crippen molar-refractivity contribution < 1.29 is 14.0 Å². The Labute approximate surface area is 130 Å². The molecule has 0 heterocycles. The molecule has 0 fully saturated rings. The topological polar surface area (TPSA) is 70.6 Å². The Morgan fingerprint density at radius 2 is 1.82 bits per heavy atom. The summed E-state index contributed by atoms with van der Waals surface area (Å²) in [6.45, 7) is 0. The van der Waals surface area contributed by atoms with E-state index in [0.29, 0.717) is 16.3 Å². The normalized spacial score (nSPS) is 10.5. The third-order valence-corrected chi connectivity index (χ3v) is 2.77. The molecular weight excluding hydrogens is 309 g/mol. The van der Waals surface area contributed by atoms with E-state index in [-0.39, 0.29) is 0 Å². The molecule has 2 amide bonds. The van der Waals surface area contributed by atoms with Gasteiger partial charge in [-0.05, 0) is 42.0 Å². The van der Waals surface area contributed by atoms with Gasteiger partial charge in [0.2, 0.25) is 0 Å². The maximum absolute atomic E-state index is 12.7. The fourth-order valence-corrected chi connectivity index (χ4v) is 1.72. The molecule has 5 nitrogen and oxygen atoms in total. The van der Waals surface area contributed by atoms with E-state index >= 15 is 0 Å². The number of amides is 2. The quantitative estimate of drug-likeness (QED) is 0.518. The van der Waals surface area contributed by atoms with Gasteiger partial charge in [0.15, 0.2) is 0 Å². The molecule has 0 bridgehead atoms. The molecule has 22 heavy (non-hydrogen) atoms. The van der Waals surface area contributed by atoms with Gasteiger partial charge in [-0.1, -0.05) is 23.7 Å². The number of halogens is 2. The van der Waals surface area contributed by atoms with Crippen molar-refractivity contribution in [2.24, 2.45) is 5.10 Å². The van der Waals surface area contributed by atoms with E-state index in [9.17, 15) is 14.0 Å². The lowest BCUT2D eigenvalue weighted by molar-refractivity contribution is -0.136. The second-order valence-electron chi connectivity index (χ2n) is 4.22. The smallest absolute Gasteiger partial charge is 0.318 e. The number of rotatable bonds is 3. The van der Waals surface area contributed by atoms with Crippen molar-refractivity contribution in [1.29, 1.82) is 0 Å². The fraction of sp³-hybridized carbons (Fsp3) is 0. The van der Waals surface area contributed by atoms with Gasteiger partial charge < -0.3 is 5.32 Å². The Balaban J connectivity index is 1.89. The van der Waals surface area contributed by atoms with Crippen molar-refractivity contribution in [1.82, 2.24) is 5.43 Å². The number of benzene rings is 2. The molecule has 0 aliphatic heterocycles. The summed E-state index contributed by atoms with van der Waals surface area (Å²) in [6.07, 6.45) is 1.36. The van der Waals surface area contributed by atoms with Crippen molar-refractivity contribution in [3.05, 3.63) is 64.9 Å². The predicted octanol–water partition coefficient (Wildman–Crippen LogP) is 2.57. The zero-order valence-electron chi connectivity index (χ0n) is 11.2. The summed E-state index contributed by atoms with van der Waals surface area (Å²) >= 11 is 5.80. The molecule has 0 saturated carbocycles. The molecule has 112 valence electrons. The molecule has 2 rings (SSSR count). The summed E-state index contributed by atoms with van der Waals surface area (Å²) in [6, 6.07) is 11.8. The number of nitrogens with zero attached hydrogens (tertiary/aromatic N) is 1. The minimum absolute atomic E-state index is 0.306. The standard InChI is InChI=1S/C15H11ClFN3O2/c16-11-3-1-2-10(8-11)9-18-20-15(22)14(21)19-13-6-4-12(17)5-7-13/h1-9H,(H,19,21)(H,20,22). The summed E-state index contributed by atoms with van der Waals surface area (Å²) in [7, 11) is 0. The van der Waals surface area contributed by atoms with E-state index < -0.39 is 17.6 Å². The zero-order valence-corrected chi connectivity index (χ0v) is 12.0. The average Bonchev–Trinajstić information content (AvgIpc) is 2.49. The van der Waals surface area contributed by atoms with Gasteiger partial charge in [-0.2, -0.15) is 5.10 Å². The van der Waals surface area contributed by atoms with Gasteiger partial charge in [-0.25, -0.2) is 9.82 Å². The largest absolute Gasteiger partial charge is 0.329 e. The lowest BCUT2D eigenvalue weighted by atomic mass is 10.2. The van der Waals surface area contributed by atoms with Gasteiger partial charge in [0.25, 0.3) is 0 Å². The minimum atomic E-state index is -0.942. The molecule has 0 aromatic heterocycles. The molecule has 2 aromatic carbocycles. The van der Waals surface area contributed by atoms with Gasteiger partial charge in [0.05, 0.1) is 6.21 Å². The average molecular weight is 320 g/mol. The molecular formula is C15H11ClFN3O2. The van der Waals surface area contributed by atoms with Crippen LogP contribution < -0.4 is 10.7 Å². The first-order valence-electron chi connectivity index (χ1n) is 6.20. The highest BCUT2D eigenvalue weighted by molar-refractivity contribution is 6.39. The van der Waals surface area contributed by atoms with Crippen LogP contribution in [-0.2, 0) is 9.59 Å². The van der Waals surface area contributed by atoms with Gasteiger partial charge in [0, 0.05) is 10.7 Å². The molecule has 0 spiro atoms. The highest BCUT2D eigenvalue weighted by Gasteiger charge is 2.12. The summed E-state index contributed by atoms with van der Waals surface area (Å²) in [5.74, 6) is -2.29.